The quantitative estimate of drug-likeness (QED) is 0.745. The molecule has 1 saturated heterocycles. The molecule has 1 aliphatic heterocycles. The van der Waals surface area contributed by atoms with Crippen molar-refractivity contribution >= 4 is 17.6 Å². The monoisotopic (exact) mass is 393 g/mol. The minimum absolute atomic E-state index is 0.0450. The van der Waals surface area contributed by atoms with Crippen LogP contribution in [0.1, 0.15) is 65.1 Å². The minimum Gasteiger partial charge on any atom is -0.369 e. The molecule has 0 radical (unpaired) electrons. The lowest BCUT2D eigenvalue weighted by molar-refractivity contribution is -0.115. The molecule has 0 bridgehead atoms. The molecule has 0 aromatic carbocycles. The minimum atomic E-state index is -1.38. The number of urea groups is 1. The SMILES string of the molecule is C=CCN1C(=O)N(c2cc(C3(CC)CCCCC3)on2)C(O)C1O.CC(C)=O. The summed E-state index contributed by atoms with van der Waals surface area (Å²) < 4.78 is 5.56. The summed E-state index contributed by atoms with van der Waals surface area (Å²) in [7, 11) is 0. The van der Waals surface area contributed by atoms with E-state index in [9.17, 15) is 19.8 Å². The summed E-state index contributed by atoms with van der Waals surface area (Å²) in [6, 6.07) is 1.23. The molecule has 1 saturated carbocycles. The number of rotatable bonds is 5. The molecule has 2 heterocycles. The Bertz CT molecular complexity index is 692. The molecular weight excluding hydrogens is 362 g/mol. The van der Waals surface area contributed by atoms with E-state index < -0.39 is 18.5 Å². The normalized spacial score (nSPS) is 24.0. The van der Waals surface area contributed by atoms with Gasteiger partial charge in [-0.3, -0.25) is 4.90 Å². The highest BCUT2D eigenvalue weighted by Crippen LogP contribution is 2.43. The third kappa shape index (κ3) is 4.44. The Balaban J connectivity index is 0.000000640. The lowest BCUT2D eigenvalue weighted by Crippen LogP contribution is -2.37. The van der Waals surface area contributed by atoms with Gasteiger partial charge in [-0.1, -0.05) is 37.4 Å². The number of aromatic nitrogens is 1. The summed E-state index contributed by atoms with van der Waals surface area (Å²) in [5.41, 5.74) is -0.0450. The van der Waals surface area contributed by atoms with E-state index in [4.69, 9.17) is 4.52 Å². The van der Waals surface area contributed by atoms with Gasteiger partial charge in [-0.2, -0.15) is 0 Å². The summed E-state index contributed by atoms with van der Waals surface area (Å²) in [4.78, 5) is 24.1. The van der Waals surface area contributed by atoms with Gasteiger partial charge in [0.2, 0.25) is 0 Å². The van der Waals surface area contributed by atoms with Crippen LogP contribution in [0, 0.1) is 0 Å². The van der Waals surface area contributed by atoms with Gasteiger partial charge in [-0.15, -0.1) is 6.58 Å². The van der Waals surface area contributed by atoms with Crippen molar-refractivity contribution in [3.8, 4) is 0 Å². The zero-order valence-corrected chi connectivity index (χ0v) is 16.9. The number of nitrogens with zero attached hydrogens (tertiary/aromatic N) is 3. The molecule has 156 valence electrons. The fourth-order valence-corrected chi connectivity index (χ4v) is 3.85. The Morgan fingerprint density at radius 3 is 2.46 bits per heavy atom. The summed E-state index contributed by atoms with van der Waals surface area (Å²) in [6.45, 7) is 8.91. The first-order valence-corrected chi connectivity index (χ1v) is 9.78. The molecule has 28 heavy (non-hydrogen) atoms. The maximum absolute atomic E-state index is 12.5. The Kier molecular flexibility index (Phi) is 7.37. The topological polar surface area (TPSA) is 107 Å². The second-order valence-electron chi connectivity index (χ2n) is 7.57. The molecule has 2 N–H and O–H groups in total. The van der Waals surface area contributed by atoms with E-state index in [1.807, 2.05) is 0 Å². The van der Waals surface area contributed by atoms with Crippen molar-refractivity contribution in [2.45, 2.75) is 77.2 Å². The number of carbonyl (C=O) groups excluding carboxylic acids is 2. The number of ketones is 1. The highest BCUT2D eigenvalue weighted by atomic mass is 16.5. The highest BCUT2D eigenvalue weighted by molar-refractivity contribution is 5.94. The van der Waals surface area contributed by atoms with Crippen LogP contribution in [0.4, 0.5) is 10.6 Å². The van der Waals surface area contributed by atoms with E-state index in [0.717, 1.165) is 47.7 Å². The standard InChI is InChI=1S/C17H25N3O4.C3H6O/c1-3-10-19-14(21)15(22)20(16(19)23)13-11-12(24-18-13)17(4-2)8-6-5-7-9-17;1-3(2)4/h3,11,14-15,21-22H,1,4-10H2,2H3;1-2H3. The lowest BCUT2D eigenvalue weighted by atomic mass is 9.70. The Hall–Kier alpha value is -2.19. The molecule has 0 spiro atoms. The van der Waals surface area contributed by atoms with Gasteiger partial charge < -0.3 is 19.5 Å². The van der Waals surface area contributed by atoms with Crippen LogP contribution in [-0.2, 0) is 10.2 Å². The molecule has 2 atom stereocenters. The van der Waals surface area contributed by atoms with Crippen LogP contribution in [0.25, 0.3) is 0 Å². The van der Waals surface area contributed by atoms with Crippen molar-refractivity contribution < 1.29 is 24.3 Å². The molecule has 3 rings (SSSR count). The summed E-state index contributed by atoms with van der Waals surface area (Å²) >= 11 is 0. The van der Waals surface area contributed by atoms with Crippen LogP contribution in [0.3, 0.4) is 0 Å². The second-order valence-corrected chi connectivity index (χ2v) is 7.57. The maximum atomic E-state index is 12.5. The predicted octanol–water partition coefficient (Wildman–Crippen LogP) is 2.95. The Morgan fingerprint density at radius 1 is 1.32 bits per heavy atom. The van der Waals surface area contributed by atoms with Gasteiger partial charge >= 0.3 is 6.03 Å². The number of anilines is 1. The van der Waals surface area contributed by atoms with Gasteiger partial charge in [0.15, 0.2) is 18.3 Å². The molecule has 8 nitrogen and oxygen atoms in total. The van der Waals surface area contributed by atoms with Crippen LogP contribution in [0.5, 0.6) is 0 Å². The van der Waals surface area contributed by atoms with E-state index in [1.54, 1.807) is 6.07 Å². The first-order valence-electron chi connectivity index (χ1n) is 9.78. The maximum Gasteiger partial charge on any atom is 0.330 e. The molecule has 2 fully saturated rings. The van der Waals surface area contributed by atoms with E-state index in [-0.39, 0.29) is 23.6 Å². The van der Waals surface area contributed by atoms with Gasteiger partial charge in [0, 0.05) is 18.0 Å². The van der Waals surface area contributed by atoms with Gasteiger partial charge in [0.1, 0.15) is 11.5 Å². The van der Waals surface area contributed by atoms with Crippen molar-refractivity contribution in [3.63, 3.8) is 0 Å². The van der Waals surface area contributed by atoms with Crippen LogP contribution in [0.15, 0.2) is 23.2 Å². The molecule has 2 aliphatic rings. The van der Waals surface area contributed by atoms with Crippen molar-refractivity contribution in [1.29, 1.82) is 0 Å². The smallest absolute Gasteiger partial charge is 0.330 e. The van der Waals surface area contributed by atoms with Crippen molar-refractivity contribution in [2.75, 3.05) is 11.4 Å². The van der Waals surface area contributed by atoms with Crippen LogP contribution >= 0.6 is 0 Å². The average molecular weight is 393 g/mol. The third-order valence-corrected chi connectivity index (χ3v) is 5.38. The summed E-state index contributed by atoms with van der Waals surface area (Å²) in [5, 5.41) is 24.3. The van der Waals surface area contributed by atoms with Crippen molar-refractivity contribution in [3.05, 3.63) is 24.5 Å². The van der Waals surface area contributed by atoms with Crippen molar-refractivity contribution in [1.82, 2.24) is 10.1 Å². The first kappa shape index (κ1) is 22.1. The fourth-order valence-electron chi connectivity index (χ4n) is 3.85. The highest BCUT2D eigenvalue weighted by Gasteiger charge is 2.46. The molecule has 2 amide bonds. The number of amides is 2. The van der Waals surface area contributed by atoms with Gasteiger partial charge in [-0.25, -0.2) is 9.69 Å². The third-order valence-electron chi connectivity index (χ3n) is 5.38. The molecule has 1 aromatic heterocycles. The molecule has 2 unspecified atom stereocenters. The van der Waals surface area contributed by atoms with Gasteiger partial charge in [0.25, 0.3) is 0 Å². The Labute approximate surface area is 165 Å². The van der Waals surface area contributed by atoms with Crippen LogP contribution in [-0.4, -0.2) is 51.1 Å². The molecule has 1 aliphatic carbocycles. The number of aliphatic hydroxyl groups excluding tert-OH is 2. The number of hydrogen-bond donors (Lipinski definition) is 2. The average Bonchev–Trinajstić information content (AvgIpc) is 3.22. The Morgan fingerprint density at radius 2 is 1.93 bits per heavy atom. The molecule has 8 heteroatoms. The summed E-state index contributed by atoms with van der Waals surface area (Å²) in [6.07, 6.45) is 5.38. The molecule has 1 aromatic rings. The number of hydrogen-bond acceptors (Lipinski definition) is 6. The fraction of sp³-hybridized carbons (Fsp3) is 0.650. The zero-order chi connectivity index (χ0) is 20.9. The van der Waals surface area contributed by atoms with Crippen LogP contribution in [0.2, 0.25) is 0 Å². The second kappa shape index (κ2) is 9.34. The largest absolute Gasteiger partial charge is 0.369 e. The first-order chi connectivity index (χ1) is 13.3. The van der Waals surface area contributed by atoms with E-state index in [0.29, 0.717) is 0 Å². The van der Waals surface area contributed by atoms with E-state index in [2.05, 4.69) is 18.7 Å². The summed E-state index contributed by atoms with van der Waals surface area (Å²) in [5.74, 6) is 1.17. The van der Waals surface area contributed by atoms with Crippen LogP contribution < -0.4 is 4.90 Å². The van der Waals surface area contributed by atoms with E-state index >= 15 is 0 Å². The zero-order valence-electron chi connectivity index (χ0n) is 16.9. The number of carbonyl (C=O) groups is 2. The molecular formula is C20H31N3O5. The van der Waals surface area contributed by atoms with Gasteiger partial charge in [0.05, 0.1) is 0 Å². The number of Topliss-reactive ketones (excluding diaryl/α,β-unsaturated/α-hetero) is 1. The van der Waals surface area contributed by atoms with Crippen molar-refractivity contribution in [2.24, 2.45) is 0 Å². The number of aliphatic hydroxyl groups is 2. The lowest BCUT2D eigenvalue weighted by Gasteiger charge is -2.33. The predicted molar refractivity (Wildman–Crippen MR) is 105 cm³/mol. The van der Waals surface area contributed by atoms with Gasteiger partial charge in [-0.05, 0) is 33.1 Å². The van der Waals surface area contributed by atoms with E-state index in [1.165, 1.54) is 26.3 Å².